The molecule has 4 rings (SSSR count). The van der Waals surface area contributed by atoms with E-state index in [9.17, 15) is 32.0 Å². The number of fused-ring (bicyclic) bond motifs is 3. The molecule has 1 N–H and O–H groups in total. The summed E-state index contributed by atoms with van der Waals surface area (Å²) in [5.74, 6) is -1.50. The zero-order valence-electron chi connectivity index (χ0n) is 15.2. The first-order valence-electron chi connectivity index (χ1n) is 8.61. The Hall–Kier alpha value is -3.73. The average molecular weight is 438 g/mol. The Morgan fingerprint density at radius 3 is 2.45 bits per heavy atom. The summed E-state index contributed by atoms with van der Waals surface area (Å²) in [6, 6.07) is 7.21. The third kappa shape index (κ3) is 3.75. The van der Waals surface area contributed by atoms with Crippen molar-refractivity contribution in [2.75, 3.05) is 5.06 Å². The second-order valence-corrected chi connectivity index (χ2v) is 6.33. The fraction of sp³-hybridized carbons (Fsp3) is 0.100. The lowest BCUT2D eigenvalue weighted by atomic mass is 10.0. The Morgan fingerprint density at radius 2 is 1.81 bits per heavy atom. The third-order valence-corrected chi connectivity index (χ3v) is 4.46. The lowest BCUT2D eigenvalue weighted by Gasteiger charge is -2.16. The molecule has 11 heteroatoms. The lowest BCUT2D eigenvalue weighted by molar-refractivity contribution is -0.137. The van der Waals surface area contributed by atoms with Crippen molar-refractivity contribution in [1.82, 2.24) is 4.98 Å². The minimum Gasteiger partial charge on any atom is -0.452 e. The van der Waals surface area contributed by atoms with Gasteiger partial charge in [-0.1, -0.05) is 0 Å². The van der Waals surface area contributed by atoms with E-state index in [0.29, 0.717) is 0 Å². The van der Waals surface area contributed by atoms with Gasteiger partial charge in [-0.2, -0.15) is 27.0 Å². The van der Waals surface area contributed by atoms with Crippen molar-refractivity contribution in [1.29, 1.82) is 0 Å². The molecule has 0 aliphatic rings. The molecule has 0 spiro atoms. The molecule has 0 aliphatic heterocycles. The van der Waals surface area contributed by atoms with Gasteiger partial charge in [0.25, 0.3) is 5.91 Å². The Morgan fingerprint density at radius 1 is 1.10 bits per heavy atom. The maximum atomic E-state index is 13.2. The van der Waals surface area contributed by atoms with Crippen molar-refractivity contribution in [2.45, 2.75) is 12.8 Å². The number of carbonyl (C=O) groups is 1. The average Bonchev–Trinajstić information content (AvgIpc) is 3.12. The van der Waals surface area contributed by atoms with E-state index in [1.165, 1.54) is 24.5 Å². The number of furan rings is 1. The number of anilines is 1. The van der Waals surface area contributed by atoms with Crippen molar-refractivity contribution in [3.8, 4) is 5.75 Å². The number of halogens is 5. The van der Waals surface area contributed by atoms with Crippen LogP contribution in [0, 0.1) is 0 Å². The number of hydrogen-bond donors (Lipinski definition) is 1. The number of rotatable bonds is 4. The topological polar surface area (TPSA) is 75.8 Å². The predicted molar refractivity (Wildman–Crippen MR) is 98.2 cm³/mol. The highest BCUT2D eigenvalue weighted by Gasteiger charge is 2.32. The number of benzene rings is 2. The van der Waals surface area contributed by atoms with Gasteiger partial charge in [-0.3, -0.25) is 15.0 Å². The fourth-order valence-corrected chi connectivity index (χ4v) is 3.12. The quantitative estimate of drug-likeness (QED) is 0.254. The summed E-state index contributed by atoms with van der Waals surface area (Å²) in [6.45, 7) is -3.24. The van der Waals surface area contributed by atoms with Crippen molar-refractivity contribution in [3.05, 3.63) is 66.0 Å². The maximum absolute atomic E-state index is 13.2. The molecule has 0 aliphatic carbocycles. The third-order valence-electron chi connectivity index (χ3n) is 4.46. The van der Waals surface area contributed by atoms with Crippen LogP contribution in [0.4, 0.5) is 27.6 Å². The number of nitrogens with zero attached hydrogens (tertiary/aromatic N) is 2. The van der Waals surface area contributed by atoms with Crippen LogP contribution in [0.1, 0.15) is 15.9 Å². The van der Waals surface area contributed by atoms with E-state index in [2.05, 4.69) is 9.72 Å². The summed E-state index contributed by atoms with van der Waals surface area (Å²) in [4.78, 5) is 16.7. The Bertz CT molecular complexity index is 1270. The summed E-state index contributed by atoms with van der Waals surface area (Å²) >= 11 is 0. The number of carbonyl (C=O) groups excluding carboxylic acids is 1. The summed E-state index contributed by atoms with van der Waals surface area (Å²) in [6.07, 6.45) is -2.08. The van der Waals surface area contributed by atoms with Gasteiger partial charge >= 0.3 is 12.8 Å². The normalized spacial score (nSPS) is 12.0. The second-order valence-electron chi connectivity index (χ2n) is 6.33. The van der Waals surface area contributed by atoms with Crippen LogP contribution in [0.3, 0.4) is 0 Å². The molecule has 160 valence electrons. The van der Waals surface area contributed by atoms with Crippen LogP contribution in [-0.2, 0) is 6.18 Å². The zero-order valence-corrected chi connectivity index (χ0v) is 15.2. The van der Waals surface area contributed by atoms with E-state index >= 15 is 0 Å². The molecular formula is C20H11F5N2O4. The van der Waals surface area contributed by atoms with E-state index < -0.39 is 30.0 Å². The molecule has 0 fully saturated rings. The van der Waals surface area contributed by atoms with Gasteiger partial charge in [0.05, 0.1) is 16.8 Å². The zero-order chi connectivity index (χ0) is 22.3. The Labute approximate surface area is 170 Å². The Balaban J connectivity index is 1.97. The number of hydroxylamine groups is 1. The second kappa shape index (κ2) is 7.51. The fourth-order valence-electron chi connectivity index (χ4n) is 3.12. The molecule has 0 radical (unpaired) electrons. The minimum absolute atomic E-state index is 0.0323. The number of hydrogen-bond acceptors (Lipinski definition) is 5. The molecule has 2 aromatic carbocycles. The first kappa shape index (κ1) is 20.5. The van der Waals surface area contributed by atoms with Gasteiger partial charge in [0, 0.05) is 23.2 Å². The van der Waals surface area contributed by atoms with Crippen LogP contribution < -0.4 is 9.80 Å². The molecule has 0 unspecified atom stereocenters. The van der Waals surface area contributed by atoms with Gasteiger partial charge in [-0.25, -0.2) is 0 Å². The summed E-state index contributed by atoms with van der Waals surface area (Å²) < 4.78 is 75.0. The van der Waals surface area contributed by atoms with Crippen LogP contribution in [0.15, 0.2) is 59.3 Å². The van der Waals surface area contributed by atoms with Crippen molar-refractivity contribution in [2.24, 2.45) is 0 Å². The Kier molecular flexibility index (Phi) is 4.97. The molecule has 0 saturated heterocycles. The van der Waals surface area contributed by atoms with Gasteiger partial charge in [-0.15, -0.1) is 0 Å². The van der Waals surface area contributed by atoms with Gasteiger partial charge in [0.2, 0.25) is 0 Å². The monoisotopic (exact) mass is 438 g/mol. The highest BCUT2D eigenvalue weighted by atomic mass is 19.4. The molecule has 4 aromatic rings. The van der Waals surface area contributed by atoms with Gasteiger partial charge in [-0.05, 0) is 42.5 Å². The van der Waals surface area contributed by atoms with E-state index in [1.54, 1.807) is 0 Å². The van der Waals surface area contributed by atoms with Crippen LogP contribution >= 0.6 is 0 Å². The summed E-state index contributed by atoms with van der Waals surface area (Å²) in [5.41, 5.74) is -1.73. The highest BCUT2D eigenvalue weighted by Crippen LogP contribution is 2.41. The molecule has 2 heterocycles. The maximum Gasteiger partial charge on any atom is 0.416 e. The molecular weight excluding hydrogens is 427 g/mol. The molecule has 0 saturated carbocycles. The minimum atomic E-state index is -4.70. The smallest absolute Gasteiger partial charge is 0.416 e. The summed E-state index contributed by atoms with van der Waals surface area (Å²) in [5, 5.41) is 10.2. The van der Waals surface area contributed by atoms with Crippen molar-refractivity contribution < 1.29 is 41.1 Å². The lowest BCUT2D eigenvalue weighted by Crippen LogP contribution is -2.27. The van der Waals surface area contributed by atoms with E-state index in [1.807, 2.05) is 0 Å². The molecule has 31 heavy (non-hydrogen) atoms. The largest absolute Gasteiger partial charge is 0.452 e. The number of alkyl halides is 5. The van der Waals surface area contributed by atoms with Gasteiger partial charge in [0.15, 0.2) is 11.3 Å². The van der Waals surface area contributed by atoms with Crippen LogP contribution in [0.25, 0.3) is 21.9 Å². The van der Waals surface area contributed by atoms with E-state index in [4.69, 9.17) is 4.42 Å². The molecule has 1 amide bonds. The first-order chi connectivity index (χ1) is 14.7. The molecule has 0 bridgehead atoms. The predicted octanol–water partition coefficient (Wildman–Crippen LogP) is 5.64. The number of amides is 1. The number of ether oxygens (including phenoxy) is 1. The van der Waals surface area contributed by atoms with Crippen LogP contribution in [-0.4, -0.2) is 22.7 Å². The van der Waals surface area contributed by atoms with Crippen molar-refractivity contribution in [3.63, 3.8) is 0 Å². The van der Waals surface area contributed by atoms with Crippen molar-refractivity contribution >= 4 is 33.5 Å². The van der Waals surface area contributed by atoms with E-state index in [-0.39, 0.29) is 38.3 Å². The van der Waals surface area contributed by atoms with Gasteiger partial charge < -0.3 is 9.15 Å². The molecule has 0 atom stereocenters. The first-order valence-corrected chi connectivity index (χ1v) is 8.61. The van der Waals surface area contributed by atoms with Crippen LogP contribution in [0.2, 0.25) is 0 Å². The standard InChI is InChI=1S/C20H11F5N2O4/c21-19(22)31-15-4-2-12(18(28)27(29)11-5-7-26-8-6-11)16-13-9-10(20(23,24)25)1-3-14(13)30-17(15)16/h1-9,19,29H. The number of pyridine rings is 1. The van der Waals surface area contributed by atoms with Crippen LogP contribution in [0.5, 0.6) is 5.75 Å². The molecule has 2 aromatic heterocycles. The number of aromatic nitrogens is 1. The summed E-state index contributed by atoms with van der Waals surface area (Å²) in [7, 11) is 0. The SMILES string of the molecule is O=C(c1ccc(OC(F)F)c2oc3ccc(C(F)(F)F)cc3c12)N(O)c1ccncc1. The highest BCUT2D eigenvalue weighted by molar-refractivity contribution is 6.20. The van der Waals surface area contributed by atoms with Gasteiger partial charge in [0.1, 0.15) is 5.58 Å². The molecule has 6 nitrogen and oxygen atoms in total. The van der Waals surface area contributed by atoms with E-state index in [0.717, 1.165) is 30.3 Å².